The molecule has 142 valence electrons. The average molecular weight is 362 g/mol. The quantitative estimate of drug-likeness (QED) is 0.829. The van der Waals surface area contributed by atoms with Crippen LogP contribution in [0.2, 0.25) is 0 Å². The van der Waals surface area contributed by atoms with Crippen molar-refractivity contribution in [2.75, 3.05) is 26.7 Å². The topological polar surface area (TPSA) is 49.9 Å². The fraction of sp³-hybridized carbons (Fsp3) is 0.600. The number of likely N-dealkylation sites (tertiary alicyclic amines) is 2. The van der Waals surface area contributed by atoms with Gasteiger partial charge in [0, 0.05) is 19.6 Å². The zero-order valence-electron chi connectivity index (χ0n) is 15.3. The highest BCUT2D eigenvalue weighted by atomic mass is 19.1. The van der Waals surface area contributed by atoms with E-state index in [0.29, 0.717) is 18.9 Å². The highest BCUT2D eigenvalue weighted by molar-refractivity contribution is 5.86. The third kappa shape index (κ3) is 4.34. The lowest BCUT2D eigenvalue weighted by Crippen LogP contribution is -2.54. The summed E-state index contributed by atoms with van der Waals surface area (Å²) < 4.78 is 17.9. The second-order valence-electron chi connectivity index (χ2n) is 7.27. The lowest BCUT2D eigenvalue weighted by Gasteiger charge is -2.39. The molecular formula is C20H27FN2O3. The summed E-state index contributed by atoms with van der Waals surface area (Å²) in [7, 11) is 1.36. The molecule has 2 amide bonds. The SMILES string of the molecule is COC(=O)N1CCCCC1C(=O)N1CCC(Cc2ccc(F)cc2)CC1. The maximum absolute atomic E-state index is 13.0. The molecule has 0 radical (unpaired) electrons. The Bertz CT molecular complexity index is 626. The molecule has 0 aromatic heterocycles. The van der Waals surface area contributed by atoms with Crippen molar-refractivity contribution in [1.29, 1.82) is 0 Å². The molecular weight excluding hydrogens is 335 g/mol. The number of carbonyl (C=O) groups excluding carboxylic acids is 2. The summed E-state index contributed by atoms with van der Waals surface area (Å²) in [4.78, 5) is 28.3. The number of hydrogen-bond donors (Lipinski definition) is 0. The Hall–Kier alpha value is -2.11. The van der Waals surface area contributed by atoms with E-state index >= 15 is 0 Å². The van der Waals surface area contributed by atoms with E-state index in [1.165, 1.54) is 19.2 Å². The van der Waals surface area contributed by atoms with Gasteiger partial charge in [0.05, 0.1) is 7.11 Å². The summed E-state index contributed by atoms with van der Waals surface area (Å²) >= 11 is 0. The molecule has 2 fully saturated rings. The number of hydrogen-bond acceptors (Lipinski definition) is 3. The number of benzene rings is 1. The summed E-state index contributed by atoms with van der Waals surface area (Å²) in [6.45, 7) is 2.02. The zero-order chi connectivity index (χ0) is 18.5. The van der Waals surface area contributed by atoms with Crippen molar-refractivity contribution in [3.63, 3.8) is 0 Å². The predicted octanol–water partition coefficient (Wildman–Crippen LogP) is 3.23. The summed E-state index contributed by atoms with van der Waals surface area (Å²) in [6, 6.07) is 6.29. The van der Waals surface area contributed by atoms with Gasteiger partial charge in [0.1, 0.15) is 11.9 Å². The first-order valence-electron chi connectivity index (χ1n) is 9.46. The molecule has 0 bridgehead atoms. The highest BCUT2D eigenvalue weighted by Crippen LogP contribution is 2.25. The van der Waals surface area contributed by atoms with Crippen LogP contribution in [-0.4, -0.2) is 54.6 Å². The molecule has 0 saturated carbocycles. The van der Waals surface area contributed by atoms with Crippen molar-refractivity contribution in [2.24, 2.45) is 5.92 Å². The van der Waals surface area contributed by atoms with E-state index in [0.717, 1.165) is 50.8 Å². The molecule has 0 aliphatic carbocycles. The van der Waals surface area contributed by atoms with Gasteiger partial charge in [0.25, 0.3) is 0 Å². The molecule has 2 aliphatic heterocycles. The van der Waals surface area contributed by atoms with Gasteiger partial charge in [-0.1, -0.05) is 12.1 Å². The normalized spacial score (nSPS) is 21.5. The van der Waals surface area contributed by atoms with Gasteiger partial charge in [-0.25, -0.2) is 9.18 Å². The minimum absolute atomic E-state index is 0.0512. The number of methoxy groups -OCH3 is 1. The lowest BCUT2D eigenvalue weighted by atomic mass is 9.89. The van der Waals surface area contributed by atoms with Gasteiger partial charge in [-0.2, -0.15) is 0 Å². The molecule has 0 spiro atoms. The number of piperidine rings is 2. The fourth-order valence-corrected chi connectivity index (χ4v) is 4.05. The number of nitrogens with zero attached hydrogens (tertiary/aromatic N) is 2. The van der Waals surface area contributed by atoms with Crippen LogP contribution in [0.5, 0.6) is 0 Å². The van der Waals surface area contributed by atoms with Crippen molar-refractivity contribution in [3.05, 3.63) is 35.6 Å². The molecule has 0 N–H and O–H groups in total. The number of ether oxygens (including phenoxy) is 1. The standard InChI is InChI=1S/C20H27FN2O3/c1-26-20(25)23-11-3-2-4-18(23)19(24)22-12-9-16(10-13-22)14-15-5-7-17(21)8-6-15/h5-8,16,18H,2-4,9-14H2,1H3. The first kappa shape index (κ1) is 18.7. The first-order valence-corrected chi connectivity index (χ1v) is 9.46. The molecule has 1 unspecified atom stereocenters. The molecule has 26 heavy (non-hydrogen) atoms. The summed E-state index contributed by atoms with van der Waals surface area (Å²) in [5.41, 5.74) is 1.14. The van der Waals surface area contributed by atoms with Crippen molar-refractivity contribution in [3.8, 4) is 0 Å². The van der Waals surface area contributed by atoms with Crippen LogP contribution >= 0.6 is 0 Å². The number of rotatable bonds is 3. The highest BCUT2D eigenvalue weighted by Gasteiger charge is 2.36. The second-order valence-corrected chi connectivity index (χ2v) is 7.27. The minimum Gasteiger partial charge on any atom is -0.453 e. The fourth-order valence-electron chi connectivity index (χ4n) is 4.05. The van der Waals surface area contributed by atoms with Gasteiger partial charge in [0.2, 0.25) is 5.91 Å². The van der Waals surface area contributed by atoms with E-state index in [1.807, 2.05) is 17.0 Å². The van der Waals surface area contributed by atoms with E-state index in [1.54, 1.807) is 4.90 Å². The van der Waals surface area contributed by atoms with Crippen molar-refractivity contribution < 1.29 is 18.7 Å². The first-order chi connectivity index (χ1) is 12.6. The second kappa shape index (κ2) is 8.52. The Morgan fingerprint density at radius 1 is 1.08 bits per heavy atom. The Labute approximate surface area is 154 Å². The third-order valence-corrected chi connectivity index (χ3v) is 5.56. The van der Waals surface area contributed by atoms with Crippen LogP contribution in [0.4, 0.5) is 9.18 Å². The van der Waals surface area contributed by atoms with Gasteiger partial charge in [-0.3, -0.25) is 9.69 Å². The van der Waals surface area contributed by atoms with Crippen LogP contribution in [0.1, 0.15) is 37.7 Å². The van der Waals surface area contributed by atoms with E-state index in [4.69, 9.17) is 4.74 Å². The number of amides is 2. The van der Waals surface area contributed by atoms with Crippen LogP contribution in [0.15, 0.2) is 24.3 Å². The molecule has 1 aromatic carbocycles. The van der Waals surface area contributed by atoms with E-state index in [2.05, 4.69) is 0 Å². The maximum Gasteiger partial charge on any atom is 0.410 e. The van der Waals surface area contributed by atoms with Crippen LogP contribution in [-0.2, 0) is 16.0 Å². The molecule has 2 saturated heterocycles. The third-order valence-electron chi connectivity index (χ3n) is 5.56. The van der Waals surface area contributed by atoms with Crippen molar-refractivity contribution >= 4 is 12.0 Å². The number of halogens is 1. The Morgan fingerprint density at radius 3 is 2.42 bits per heavy atom. The molecule has 3 rings (SSSR count). The molecule has 2 heterocycles. The van der Waals surface area contributed by atoms with Crippen LogP contribution < -0.4 is 0 Å². The van der Waals surface area contributed by atoms with E-state index in [9.17, 15) is 14.0 Å². The monoisotopic (exact) mass is 362 g/mol. The molecule has 5 nitrogen and oxygen atoms in total. The average Bonchev–Trinajstić information content (AvgIpc) is 2.69. The maximum atomic E-state index is 13.0. The molecule has 1 aromatic rings. The summed E-state index contributed by atoms with van der Waals surface area (Å²) in [5, 5.41) is 0. The van der Waals surface area contributed by atoms with Crippen molar-refractivity contribution in [2.45, 2.75) is 44.6 Å². The van der Waals surface area contributed by atoms with Gasteiger partial charge < -0.3 is 9.64 Å². The molecule has 6 heteroatoms. The smallest absolute Gasteiger partial charge is 0.410 e. The van der Waals surface area contributed by atoms with Crippen LogP contribution in [0.25, 0.3) is 0 Å². The number of carbonyl (C=O) groups is 2. The molecule has 1 atom stereocenters. The minimum atomic E-state index is -0.408. The Morgan fingerprint density at radius 2 is 1.77 bits per heavy atom. The van der Waals surface area contributed by atoms with Crippen molar-refractivity contribution in [1.82, 2.24) is 9.80 Å². The van der Waals surface area contributed by atoms with Crippen LogP contribution in [0.3, 0.4) is 0 Å². The summed E-state index contributed by atoms with van der Waals surface area (Å²) in [6.07, 6.45) is 4.98. The lowest BCUT2D eigenvalue weighted by molar-refractivity contribution is -0.139. The van der Waals surface area contributed by atoms with Crippen LogP contribution in [0, 0.1) is 11.7 Å². The zero-order valence-corrected chi connectivity index (χ0v) is 15.3. The van der Waals surface area contributed by atoms with Gasteiger partial charge in [-0.05, 0) is 62.1 Å². The molecule has 2 aliphatic rings. The Balaban J connectivity index is 1.54. The van der Waals surface area contributed by atoms with Gasteiger partial charge in [0.15, 0.2) is 0 Å². The Kier molecular flexibility index (Phi) is 6.12. The van der Waals surface area contributed by atoms with E-state index in [-0.39, 0.29) is 17.8 Å². The largest absolute Gasteiger partial charge is 0.453 e. The summed E-state index contributed by atoms with van der Waals surface area (Å²) in [5.74, 6) is 0.347. The van der Waals surface area contributed by atoms with Gasteiger partial charge in [-0.15, -0.1) is 0 Å². The van der Waals surface area contributed by atoms with E-state index < -0.39 is 6.09 Å². The van der Waals surface area contributed by atoms with Gasteiger partial charge >= 0.3 is 6.09 Å². The predicted molar refractivity (Wildman–Crippen MR) is 96.2 cm³/mol.